The number of carbonyl (C=O) groups excluding carboxylic acids is 1. The first-order valence-corrected chi connectivity index (χ1v) is 13.3. The van der Waals surface area contributed by atoms with E-state index < -0.39 is 23.6 Å². The predicted octanol–water partition coefficient (Wildman–Crippen LogP) is 4.09. The molecule has 0 aliphatic heterocycles. The molecule has 0 aliphatic rings. The number of benzene rings is 4. The Labute approximate surface area is 194 Å². The van der Waals surface area contributed by atoms with Gasteiger partial charge in [0, 0.05) is 0 Å². The molecular weight excluding hydrogens is 455 g/mol. The minimum absolute atomic E-state index is 0.113. The van der Waals surface area contributed by atoms with Crippen molar-refractivity contribution in [3.05, 3.63) is 121 Å². The Hall–Kier alpha value is -3.31. The molecule has 0 amide bonds. The largest absolute Gasteiger partial charge is 0.465 e. The number of hydrogen-bond donors (Lipinski definition) is 0. The highest BCUT2D eigenvalue weighted by atomic mass is 32.2. The van der Waals surface area contributed by atoms with Crippen LogP contribution < -0.4 is 15.9 Å². The van der Waals surface area contributed by atoms with E-state index in [0.29, 0.717) is 0 Å². The first kappa shape index (κ1) is 22.9. The van der Waals surface area contributed by atoms with Gasteiger partial charge in [0.2, 0.25) is 0 Å². The van der Waals surface area contributed by atoms with Gasteiger partial charge >= 0.3 is 16.1 Å². The number of ether oxygens (including phenoxy) is 1. The number of hydrogen-bond acceptors (Lipinski definition) is 5. The zero-order valence-electron chi connectivity index (χ0n) is 17.9. The van der Waals surface area contributed by atoms with Gasteiger partial charge in [-0.1, -0.05) is 64.6 Å². The molecule has 0 heterocycles. The minimum Gasteiger partial charge on any atom is -0.465 e. The van der Waals surface area contributed by atoms with Crippen molar-refractivity contribution >= 4 is 39.5 Å². The number of rotatable bonds is 7. The predicted molar refractivity (Wildman–Crippen MR) is 131 cm³/mol. The minimum atomic E-state index is -4.29. The summed E-state index contributed by atoms with van der Waals surface area (Å²) in [5.74, 6) is -0.623. The summed E-state index contributed by atoms with van der Waals surface area (Å²) in [4.78, 5) is 11.9. The Morgan fingerprint density at radius 3 is 1.55 bits per heavy atom. The zero-order chi connectivity index (χ0) is 23.3. The Bertz CT molecular complexity index is 1240. The summed E-state index contributed by atoms with van der Waals surface area (Å²) in [5, 5.41) is 2.28. The third-order valence-electron chi connectivity index (χ3n) is 5.11. The maximum absolute atomic E-state index is 13.7. The fourth-order valence-corrected chi connectivity index (χ4v) is 9.32. The number of esters is 1. The van der Waals surface area contributed by atoms with Crippen LogP contribution in [0.1, 0.15) is 10.4 Å². The van der Waals surface area contributed by atoms with E-state index in [1.165, 1.54) is 31.4 Å². The molecule has 0 saturated heterocycles. The van der Waals surface area contributed by atoms with Crippen LogP contribution in [0, 0.1) is 0 Å². The Balaban J connectivity index is 1.96. The average Bonchev–Trinajstić information content (AvgIpc) is 2.88. The molecule has 0 radical (unpaired) electrons. The van der Waals surface area contributed by atoms with Gasteiger partial charge in [0.25, 0.3) is 7.49 Å². The molecule has 4 aromatic carbocycles. The van der Waals surface area contributed by atoms with Crippen molar-refractivity contribution in [2.45, 2.75) is 4.90 Å². The van der Waals surface area contributed by atoms with E-state index >= 15 is 0 Å². The van der Waals surface area contributed by atoms with Crippen molar-refractivity contribution in [3.63, 3.8) is 0 Å². The van der Waals surface area contributed by atoms with E-state index in [2.05, 4.69) is 0 Å². The van der Waals surface area contributed by atoms with Gasteiger partial charge in [0.1, 0.15) is 15.9 Å². The molecular formula is C26H22O5PS+. The van der Waals surface area contributed by atoms with Crippen LogP contribution in [-0.4, -0.2) is 21.5 Å². The van der Waals surface area contributed by atoms with E-state index in [-0.39, 0.29) is 10.5 Å². The highest BCUT2D eigenvalue weighted by Gasteiger charge is 2.52. The maximum atomic E-state index is 13.7. The molecule has 0 aliphatic carbocycles. The van der Waals surface area contributed by atoms with Gasteiger partial charge in [-0.3, -0.25) is 0 Å². The van der Waals surface area contributed by atoms with Gasteiger partial charge in [-0.05, 0) is 54.6 Å². The normalized spacial score (nSPS) is 11.7. The molecule has 33 heavy (non-hydrogen) atoms. The van der Waals surface area contributed by atoms with Crippen LogP contribution in [0.25, 0.3) is 0 Å². The van der Waals surface area contributed by atoms with Crippen LogP contribution in [0.3, 0.4) is 0 Å². The van der Waals surface area contributed by atoms with Gasteiger partial charge in [0.05, 0.1) is 17.6 Å². The topological polar surface area (TPSA) is 69.7 Å². The van der Waals surface area contributed by atoms with E-state index in [1.54, 1.807) is 0 Å². The molecule has 0 N–H and O–H groups in total. The second-order valence-corrected chi connectivity index (χ2v) is 11.9. The van der Waals surface area contributed by atoms with Crippen molar-refractivity contribution in [1.82, 2.24) is 0 Å². The third kappa shape index (κ3) is 4.60. The molecule has 0 saturated carbocycles. The van der Waals surface area contributed by atoms with Gasteiger partial charge in [-0.25, -0.2) is 4.79 Å². The van der Waals surface area contributed by atoms with E-state index in [9.17, 15) is 13.2 Å². The Morgan fingerprint density at radius 2 is 1.12 bits per heavy atom. The quantitative estimate of drug-likeness (QED) is 0.296. The molecule has 5 nitrogen and oxygen atoms in total. The lowest BCUT2D eigenvalue weighted by atomic mass is 10.2. The van der Waals surface area contributed by atoms with Crippen LogP contribution >= 0.6 is 7.49 Å². The molecule has 4 aromatic rings. The summed E-state index contributed by atoms with van der Waals surface area (Å²) in [6.07, 6.45) is 0. The smallest absolute Gasteiger partial charge is 0.337 e. The first-order valence-electron chi connectivity index (χ1n) is 10.2. The lowest BCUT2D eigenvalue weighted by Gasteiger charge is -2.24. The average molecular weight is 477 g/mol. The van der Waals surface area contributed by atoms with Gasteiger partial charge in [-0.2, -0.15) is 8.42 Å². The molecule has 0 bridgehead atoms. The maximum Gasteiger partial charge on any atom is 0.337 e. The fourth-order valence-electron chi connectivity index (χ4n) is 3.58. The number of methoxy groups -OCH3 is 1. The van der Waals surface area contributed by atoms with Gasteiger partial charge in [-0.15, -0.1) is 0 Å². The molecule has 0 atom stereocenters. The molecule has 0 aromatic heterocycles. The first-order chi connectivity index (χ1) is 16.0. The molecule has 0 spiro atoms. The van der Waals surface area contributed by atoms with Crippen LogP contribution in [0.2, 0.25) is 0 Å². The Morgan fingerprint density at radius 1 is 0.667 bits per heavy atom. The molecule has 7 heteroatoms. The van der Waals surface area contributed by atoms with Crippen LogP contribution in [0.15, 0.2) is 120 Å². The molecule has 166 valence electrons. The lowest BCUT2D eigenvalue weighted by Crippen LogP contribution is -2.34. The van der Waals surface area contributed by atoms with E-state index in [4.69, 9.17) is 8.71 Å². The van der Waals surface area contributed by atoms with Crippen molar-refractivity contribution in [2.75, 3.05) is 7.11 Å². The summed E-state index contributed by atoms with van der Waals surface area (Å²) in [6.45, 7) is 0. The van der Waals surface area contributed by atoms with E-state index in [0.717, 1.165) is 15.9 Å². The molecule has 4 rings (SSSR count). The summed E-state index contributed by atoms with van der Waals surface area (Å²) < 4.78 is 38.4. The van der Waals surface area contributed by atoms with Gasteiger partial charge < -0.3 is 4.74 Å². The molecule has 0 unspecified atom stereocenters. The monoisotopic (exact) mass is 477 g/mol. The van der Waals surface area contributed by atoms with Crippen molar-refractivity contribution in [3.8, 4) is 0 Å². The van der Waals surface area contributed by atoms with Crippen LogP contribution in [0.5, 0.6) is 0 Å². The van der Waals surface area contributed by atoms with Crippen LogP contribution in [0.4, 0.5) is 0 Å². The van der Waals surface area contributed by atoms with Gasteiger partial charge in [0.15, 0.2) is 0 Å². The van der Waals surface area contributed by atoms with E-state index in [1.807, 2.05) is 91.0 Å². The highest BCUT2D eigenvalue weighted by molar-refractivity contribution is 8.01. The summed E-state index contributed by atoms with van der Waals surface area (Å²) in [7, 11) is -6.13. The standard InChI is InChI=1S/C26H22O5PS/c1-30-26(27)21-12-11-19-25(20-21)33(28,29)31-32(22-13-5-2-6-14-22,23-15-7-3-8-16-23)24-17-9-4-10-18-24/h2-20H,1H3/q+1. The second kappa shape index (κ2) is 9.67. The third-order valence-corrected chi connectivity index (χ3v) is 10.7. The van der Waals surface area contributed by atoms with Crippen molar-refractivity contribution in [2.24, 2.45) is 0 Å². The molecule has 0 fully saturated rings. The summed E-state index contributed by atoms with van der Waals surface area (Å²) >= 11 is 0. The zero-order valence-corrected chi connectivity index (χ0v) is 19.6. The second-order valence-electron chi connectivity index (χ2n) is 7.16. The Kier molecular flexibility index (Phi) is 6.70. The SMILES string of the molecule is COC(=O)c1cccc(S(=O)(=O)O[P+](c2ccccc2)(c2ccccc2)c2ccccc2)c1. The van der Waals surface area contributed by atoms with Crippen molar-refractivity contribution < 1.29 is 21.9 Å². The number of carbonyl (C=O) groups is 1. The lowest BCUT2D eigenvalue weighted by molar-refractivity contribution is 0.0600. The summed E-state index contributed by atoms with van der Waals surface area (Å²) in [6, 6.07) is 33.8. The van der Waals surface area contributed by atoms with Crippen molar-refractivity contribution in [1.29, 1.82) is 0 Å². The summed E-state index contributed by atoms with van der Waals surface area (Å²) in [5.41, 5.74) is 0.130. The van der Waals surface area contributed by atoms with Crippen LogP contribution in [-0.2, 0) is 18.8 Å². The fraction of sp³-hybridized carbons (Fsp3) is 0.0385. The highest BCUT2D eigenvalue weighted by Crippen LogP contribution is 2.58.